The molecule has 0 bridgehead atoms. The minimum atomic E-state index is -0.0447. The van der Waals surface area contributed by atoms with Gasteiger partial charge in [-0.3, -0.25) is 14.7 Å². The first kappa shape index (κ1) is 26.6. The number of anilines is 2. The van der Waals surface area contributed by atoms with Gasteiger partial charge < -0.3 is 21.3 Å². The second-order valence-electron chi connectivity index (χ2n) is 9.84. The fourth-order valence-electron chi connectivity index (χ4n) is 4.77. The van der Waals surface area contributed by atoms with Gasteiger partial charge in [0.2, 0.25) is 0 Å². The molecule has 4 heterocycles. The third-order valence-corrected chi connectivity index (χ3v) is 6.93. The van der Waals surface area contributed by atoms with Crippen molar-refractivity contribution in [1.29, 1.82) is 0 Å². The number of piperazine rings is 1. The van der Waals surface area contributed by atoms with Crippen LogP contribution in [0.3, 0.4) is 0 Å². The van der Waals surface area contributed by atoms with Crippen LogP contribution in [0.15, 0.2) is 55.0 Å². The molecule has 1 aromatic carbocycles. The molecule has 0 unspecified atom stereocenters. The molecule has 5 rings (SSSR count). The Morgan fingerprint density at radius 1 is 1.08 bits per heavy atom. The summed E-state index contributed by atoms with van der Waals surface area (Å²) in [6.45, 7) is 11.2. The number of rotatable bonds is 11. The monoisotopic (exact) mass is 527 g/mol. The summed E-state index contributed by atoms with van der Waals surface area (Å²) in [6, 6.07) is 11.9. The van der Waals surface area contributed by atoms with Crippen LogP contribution in [0.2, 0.25) is 0 Å². The summed E-state index contributed by atoms with van der Waals surface area (Å²) in [5.41, 5.74) is 5.31. The molecule has 3 aromatic heterocycles. The zero-order valence-electron chi connectivity index (χ0n) is 22.7. The van der Waals surface area contributed by atoms with Crippen molar-refractivity contribution < 1.29 is 4.79 Å². The standard InChI is InChI=1S/C29H37N9O/c1-3-8-33-29(39)24-7-6-23(16-21(24)2)25-20-35-38-27(32-12-15-37-13-10-30-11-14-37)17-26(36-28(25)38)34-19-22-5-4-9-31-18-22/h4-7,9,16-18,20,30,32H,3,8,10-15,19H2,1-2H3,(H,33,39)(H,34,36). The van der Waals surface area contributed by atoms with Gasteiger partial charge in [0.1, 0.15) is 11.6 Å². The summed E-state index contributed by atoms with van der Waals surface area (Å²) in [7, 11) is 0. The molecule has 39 heavy (non-hydrogen) atoms. The van der Waals surface area contributed by atoms with Crippen molar-refractivity contribution in [3.8, 4) is 11.1 Å². The van der Waals surface area contributed by atoms with E-state index in [1.807, 2.05) is 67.2 Å². The Kier molecular flexibility index (Phi) is 8.65. The van der Waals surface area contributed by atoms with Crippen LogP contribution in [-0.2, 0) is 6.54 Å². The Hall–Kier alpha value is -4.02. The number of aryl methyl sites for hydroxylation is 1. The number of hydrogen-bond donors (Lipinski definition) is 4. The van der Waals surface area contributed by atoms with Crippen LogP contribution >= 0.6 is 0 Å². The number of aromatic nitrogens is 4. The summed E-state index contributed by atoms with van der Waals surface area (Å²) in [6.07, 6.45) is 6.37. The van der Waals surface area contributed by atoms with E-state index in [9.17, 15) is 4.79 Å². The van der Waals surface area contributed by atoms with E-state index >= 15 is 0 Å². The number of hydrogen-bond acceptors (Lipinski definition) is 8. The predicted octanol–water partition coefficient (Wildman–Crippen LogP) is 3.17. The molecule has 204 valence electrons. The van der Waals surface area contributed by atoms with Gasteiger partial charge >= 0.3 is 0 Å². The smallest absolute Gasteiger partial charge is 0.251 e. The first-order chi connectivity index (χ1) is 19.1. The Balaban J connectivity index is 1.43. The lowest BCUT2D eigenvalue weighted by atomic mass is 10.0. The highest BCUT2D eigenvalue weighted by atomic mass is 16.1. The Bertz CT molecular complexity index is 1400. The highest BCUT2D eigenvalue weighted by Crippen LogP contribution is 2.29. The van der Waals surface area contributed by atoms with Crippen molar-refractivity contribution in [2.45, 2.75) is 26.8 Å². The Morgan fingerprint density at radius 2 is 1.95 bits per heavy atom. The number of fused-ring (bicyclic) bond motifs is 1. The predicted molar refractivity (Wildman–Crippen MR) is 155 cm³/mol. The number of carbonyl (C=O) groups is 1. The highest BCUT2D eigenvalue weighted by Gasteiger charge is 2.16. The van der Waals surface area contributed by atoms with Gasteiger partial charge in [-0.2, -0.15) is 9.61 Å². The summed E-state index contributed by atoms with van der Waals surface area (Å²) < 4.78 is 1.86. The van der Waals surface area contributed by atoms with E-state index in [4.69, 9.17) is 10.1 Å². The van der Waals surface area contributed by atoms with Gasteiger partial charge in [-0.15, -0.1) is 0 Å². The normalized spacial score (nSPS) is 13.9. The molecule has 1 fully saturated rings. The molecule has 1 aliphatic rings. The van der Waals surface area contributed by atoms with Gasteiger partial charge in [-0.05, 0) is 42.2 Å². The molecule has 1 amide bonds. The first-order valence-electron chi connectivity index (χ1n) is 13.7. The molecule has 10 heteroatoms. The van der Waals surface area contributed by atoms with Crippen molar-refractivity contribution in [3.05, 3.63) is 71.7 Å². The zero-order valence-corrected chi connectivity index (χ0v) is 22.7. The Morgan fingerprint density at radius 3 is 2.72 bits per heavy atom. The molecule has 1 aliphatic heterocycles. The van der Waals surface area contributed by atoms with E-state index in [0.29, 0.717) is 18.7 Å². The number of carbonyl (C=O) groups excluding carboxylic acids is 1. The van der Waals surface area contributed by atoms with Gasteiger partial charge in [0.05, 0.1) is 6.20 Å². The van der Waals surface area contributed by atoms with Gasteiger partial charge in [-0.25, -0.2) is 4.98 Å². The van der Waals surface area contributed by atoms with Gasteiger partial charge in [0.25, 0.3) is 5.91 Å². The highest BCUT2D eigenvalue weighted by molar-refractivity contribution is 5.96. The van der Waals surface area contributed by atoms with Crippen LogP contribution < -0.4 is 21.3 Å². The maximum absolute atomic E-state index is 12.6. The quantitative estimate of drug-likeness (QED) is 0.235. The van der Waals surface area contributed by atoms with Crippen LogP contribution in [0.4, 0.5) is 11.6 Å². The van der Waals surface area contributed by atoms with Crippen LogP contribution in [0.5, 0.6) is 0 Å². The summed E-state index contributed by atoms with van der Waals surface area (Å²) in [5.74, 6) is 1.59. The fraction of sp³-hybridized carbons (Fsp3) is 0.379. The van der Waals surface area contributed by atoms with E-state index in [-0.39, 0.29) is 5.91 Å². The van der Waals surface area contributed by atoms with Crippen molar-refractivity contribution in [2.75, 3.05) is 56.4 Å². The molecule has 10 nitrogen and oxygen atoms in total. The van der Waals surface area contributed by atoms with E-state index in [1.165, 1.54) is 0 Å². The number of nitrogens with one attached hydrogen (secondary N) is 4. The van der Waals surface area contributed by atoms with Crippen molar-refractivity contribution in [1.82, 2.24) is 35.1 Å². The molecular weight excluding hydrogens is 490 g/mol. The average Bonchev–Trinajstić information content (AvgIpc) is 3.40. The van der Waals surface area contributed by atoms with E-state index in [2.05, 4.69) is 31.2 Å². The average molecular weight is 528 g/mol. The van der Waals surface area contributed by atoms with E-state index in [1.54, 1.807) is 6.20 Å². The van der Waals surface area contributed by atoms with Crippen molar-refractivity contribution in [3.63, 3.8) is 0 Å². The van der Waals surface area contributed by atoms with Gasteiger partial charge in [0, 0.05) is 81.9 Å². The molecule has 1 saturated heterocycles. The zero-order chi connectivity index (χ0) is 27.0. The molecule has 4 aromatic rings. The third kappa shape index (κ3) is 6.52. The largest absolute Gasteiger partial charge is 0.369 e. The third-order valence-electron chi connectivity index (χ3n) is 6.93. The Labute approximate surface area is 229 Å². The molecule has 0 spiro atoms. The summed E-state index contributed by atoms with van der Waals surface area (Å²) >= 11 is 0. The van der Waals surface area contributed by atoms with Crippen LogP contribution in [-0.4, -0.2) is 76.2 Å². The van der Waals surface area contributed by atoms with Crippen LogP contribution in [0.1, 0.15) is 34.8 Å². The number of benzene rings is 1. The van der Waals surface area contributed by atoms with Crippen LogP contribution in [0.25, 0.3) is 16.8 Å². The van der Waals surface area contributed by atoms with Crippen molar-refractivity contribution >= 4 is 23.2 Å². The maximum atomic E-state index is 12.6. The minimum absolute atomic E-state index is 0.0447. The van der Waals surface area contributed by atoms with Crippen molar-refractivity contribution in [2.24, 2.45) is 0 Å². The second-order valence-corrected chi connectivity index (χ2v) is 9.84. The lowest BCUT2D eigenvalue weighted by molar-refractivity contribution is 0.0953. The topological polar surface area (TPSA) is 112 Å². The molecular formula is C29H37N9O. The molecule has 0 saturated carbocycles. The van der Waals surface area contributed by atoms with Gasteiger partial charge in [0.15, 0.2) is 5.65 Å². The summed E-state index contributed by atoms with van der Waals surface area (Å²) in [5, 5.41) is 18.1. The number of pyridine rings is 1. The fourth-order valence-corrected chi connectivity index (χ4v) is 4.77. The molecule has 0 atom stereocenters. The van der Waals surface area contributed by atoms with Crippen LogP contribution in [0, 0.1) is 6.92 Å². The molecule has 0 radical (unpaired) electrons. The number of nitrogens with zero attached hydrogens (tertiary/aromatic N) is 5. The summed E-state index contributed by atoms with van der Waals surface area (Å²) in [4.78, 5) is 24.2. The number of amides is 1. The van der Waals surface area contributed by atoms with E-state index < -0.39 is 0 Å². The molecule has 4 N–H and O–H groups in total. The SMILES string of the molecule is CCCNC(=O)c1ccc(-c2cnn3c(NCCN4CCNCC4)cc(NCc4cccnc4)nc23)cc1C. The minimum Gasteiger partial charge on any atom is -0.369 e. The first-order valence-corrected chi connectivity index (χ1v) is 13.7. The maximum Gasteiger partial charge on any atom is 0.251 e. The molecule has 0 aliphatic carbocycles. The van der Waals surface area contributed by atoms with E-state index in [0.717, 1.165) is 85.2 Å². The van der Waals surface area contributed by atoms with Gasteiger partial charge in [-0.1, -0.05) is 25.1 Å². The second kappa shape index (κ2) is 12.7. The lowest BCUT2D eigenvalue weighted by Crippen LogP contribution is -2.45. The lowest BCUT2D eigenvalue weighted by Gasteiger charge is -2.27.